The molecule has 2 rings (SSSR count). The molecule has 0 bridgehead atoms. The molecule has 0 aliphatic heterocycles. The molecule has 7 heteroatoms. The van der Waals surface area contributed by atoms with E-state index < -0.39 is 0 Å². The first kappa shape index (κ1) is 15.5. The molecule has 0 unspecified atom stereocenters. The van der Waals surface area contributed by atoms with Crippen LogP contribution in [0.5, 0.6) is 0 Å². The van der Waals surface area contributed by atoms with Crippen LogP contribution in [0.15, 0.2) is 51.5 Å². The van der Waals surface area contributed by atoms with E-state index in [9.17, 15) is 0 Å². The fourth-order valence-electron chi connectivity index (χ4n) is 1.69. The van der Waals surface area contributed by atoms with Crippen molar-refractivity contribution in [3.63, 3.8) is 0 Å². The standard InChI is InChI=1S/C14H15N3O3S/c1-9-7-14(10(2)6-13(9)15)17-16-11-4-3-5-12(8-11)21-20-19-18/h3-8,18H,15H2,1-2H3. The molecule has 2 aromatic rings. The first-order chi connectivity index (χ1) is 10.1. The number of hydrogen-bond donors (Lipinski definition) is 2. The number of azo groups is 1. The molecule has 0 radical (unpaired) electrons. The van der Waals surface area contributed by atoms with Gasteiger partial charge >= 0.3 is 0 Å². The third-order valence-electron chi connectivity index (χ3n) is 2.84. The Morgan fingerprint density at radius 2 is 1.90 bits per heavy atom. The second-order valence-electron chi connectivity index (χ2n) is 4.42. The molecule has 2 aromatic carbocycles. The van der Waals surface area contributed by atoms with Gasteiger partial charge in [-0.15, -0.1) is 4.33 Å². The van der Waals surface area contributed by atoms with Crippen LogP contribution >= 0.6 is 12.0 Å². The lowest BCUT2D eigenvalue weighted by molar-refractivity contribution is -0.432. The summed E-state index contributed by atoms with van der Waals surface area (Å²) in [6.07, 6.45) is 0. The highest BCUT2D eigenvalue weighted by molar-refractivity contribution is 7.94. The molecule has 0 fully saturated rings. The van der Waals surface area contributed by atoms with Gasteiger partial charge in [0.1, 0.15) is 0 Å². The van der Waals surface area contributed by atoms with Gasteiger partial charge in [-0.2, -0.15) is 10.2 Å². The average Bonchev–Trinajstić information content (AvgIpc) is 2.48. The maximum absolute atomic E-state index is 8.13. The SMILES string of the molecule is Cc1cc(N=Nc2cccc(SOOO)c2)c(C)cc1N. The first-order valence-corrected chi connectivity index (χ1v) is 6.87. The second-order valence-corrected chi connectivity index (χ2v) is 5.19. The van der Waals surface area contributed by atoms with Crippen molar-refractivity contribution in [1.29, 1.82) is 0 Å². The van der Waals surface area contributed by atoms with Crippen molar-refractivity contribution in [2.45, 2.75) is 18.7 Å². The minimum atomic E-state index is 0.662. The highest BCUT2D eigenvalue weighted by atomic mass is 32.2. The Balaban J connectivity index is 2.19. The van der Waals surface area contributed by atoms with Crippen molar-refractivity contribution in [1.82, 2.24) is 0 Å². The maximum Gasteiger partial charge on any atom is 0.0890 e. The van der Waals surface area contributed by atoms with E-state index in [4.69, 9.17) is 11.0 Å². The Morgan fingerprint density at radius 1 is 1.10 bits per heavy atom. The van der Waals surface area contributed by atoms with Crippen LogP contribution in [0, 0.1) is 13.8 Å². The molecule has 3 N–H and O–H groups in total. The van der Waals surface area contributed by atoms with Crippen LogP contribution in [0.4, 0.5) is 17.1 Å². The van der Waals surface area contributed by atoms with Gasteiger partial charge in [0.15, 0.2) is 0 Å². The van der Waals surface area contributed by atoms with Crippen LogP contribution in [0.2, 0.25) is 0 Å². The largest absolute Gasteiger partial charge is 0.399 e. The van der Waals surface area contributed by atoms with Crippen LogP contribution in [0.25, 0.3) is 0 Å². The minimum Gasteiger partial charge on any atom is -0.399 e. The highest BCUT2D eigenvalue weighted by Crippen LogP contribution is 2.28. The third-order valence-corrected chi connectivity index (χ3v) is 3.41. The quantitative estimate of drug-likeness (QED) is 0.274. The maximum atomic E-state index is 8.13. The number of nitrogen functional groups attached to an aromatic ring is 1. The fourth-order valence-corrected chi connectivity index (χ4v) is 2.11. The normalized spacial score (nSPS) is 11.2. The molecule has 0 aliphatic carbocycles. The number of rotatable bonds is 5. The molecule has 0 aliphatic rings. The van der Waals surface area contributed by atoms with E-state index in [1.807, 2.05) is 32.0 Å². The third kappa shape index (κ3) is 4.27. The molecular weight excluding hydrogens is 290 g/mol. The lowest BCUT2D eigenvalue weighted by Gasteiger charge is -2.04. The van der Waals surface area contributed by atoms with E-state index in [1.54, 1.807) is 18.2 Å². The average molecular weight is 305 g/mol. The Kier molecular flexibility index (Phi) is 5.29. The van der Waals surface area contributed by atoms with Gasteiger partial charge < -0.3 is 5.73 Å². The molecule has 0 spiro atoms. The monoisotopic (exact) mass is 305 g/mol. The van der Waals surface area contributed by atoms with Crippen LogP contribution < -0.4 is 5.73 Å². The van der Waals surface area contributed by atoms with Crippen molar-refractivity contribution in [3.05, 3.63) is 47.5 Å². The summed E-state index contributed by atoms with van der Waals surface area (Å²) in [5.41, 5.74) is 9.95. The van der Waals surface area contributed by atoms with Gasteiger partial charge in [-0.05, 0) is 55.3 Å². The van der Waals surface area contributed by atoms with Gasteiger partial charge in [0.2, 0.25) is 0 Å². The molecule has 0 aromatic heterocycles. The predicted octanol–water partition coefficient (Wildman–Crippen LogP) is 4.73. The van der Waals surface area contributed by atoms with Gasteiger partial charge in [0, 0.05) is 10.6 Å². The summed E-state index contributed by atoms with van der Waals surface area (Å²) >= 11 is 0.873. The van der Waals surface area contributed by atoms with Gasteiger partial charge in [-0.3, -0.25) is 0 Å². The molecule has 110 valence electrons. The van der Waals surface area contributed by atoms with Crippen molar-refractivity contribution in [2.24, 2.45) is 10.2 Å². The van der Waals surface area contributed by atoms with E-state index in [-0.39, 0.29) is 0 Å². The zero-order valence-corrected chi connectivity index (χ0v) is 12.4. The topological polar surface area (TPSA) is 89.4 Å². The summed E-state index contributed by atoms with van der Waals surface area (Å²) in [5.74, 6) is 0. The van der Waals surface area contributed by atoms with Crippen LogP contribution in [0.3, 0.4) is 0 Å². The minimum absolute atomic E-state index is 0.662. The smallest absolute Gasteiger partial charge is 0.0890 e. The van der Waals surface area contributed by atoms with Gasteiger partial charge in [0.25, 0.3) is 0 Å². The summed E-state index contributed by atoms with van der Waals surface area (Å²) in [6, 6.07) is 10.9. The van der Waals surface area contributed by atoms with E-state index in [0.717, 1.165) is 39.4 Å². The first-order valence-electron chi connectivity index (χ1n) is 6.13. The molecule has 0 saturated heterocycles. The second kappa shape index (κ2) is 7.19. The molecule has 6 nitrogen and oxygen atoms in total. The summed E-state index contributed by atoms with van der Waals surface area (Å²) in [5, 5.41) is 20.1. The number of nitrogens with two attached hydrogens (primary N) is 1. The van der Waals surface area contributed by atoms with E-state index in [0.29, 0.717) is 5.69 Å². The van der Waals surface area contributed by atoms with Gasteiger partial charge in [-0.1, -0.05) is 11.1 Å². The molecule has 0 atom stereocenters. The number of benzene rings is 2. The highest BCUT2D eigenvalue weighted by Gasteiger charge is 2.02. The lowest BCUT2D eigenvalue weighted by atomic mass is 10.1. The van der Waals surface area contributed by atoms with Crippen molar-refractivity contribution in [2.75, 3.05) is 5.73 Å². The summed E-state index contributed by atoms with van der Waals surface area (Å²) in [4.78, 5) is 0.728. The van der Waals surface area contributed by atoms with E-state index >= 15 is 0 Å². The van der Waals surface area contributed by atoms with Gasteiger partial charge in [-0.25, -0.2) is 5.26 Å². The molecule has 0 amide bonds. The zero-order chi connectivity index (χ0) is 15.2. The Bertz CT molecular complexity index is 662. The summed E-state index contributed by atoms with van der Waals surface area (Å²) < 4.78 is 4.37. The Morgan fingerprint density at radius 3 is 2.67 bits per heavy atom. The number of hydrogen-bond acceptors (Lipinski definition) is 7. The van der Waals surface area contributed by atoms with E-state index in [1.165, 1.54) is 0 Å². The summed E-state index contributed by atoms with van der Waals surface area (Å²) in [6.45, 7) is 3.86. The molecule has 0 saturated carbocycles. The molecule has 21 heavy (non-hydrogen) atoms. The van der Waals surface area contributed by atoms with Crippen molar-refractivity contribution >= 4 is 29.1 Å². The Labute approximate surface area is 126 Å². The predicted molar refractivity (Wildman–Crippen MR) is 81.6 cm³/mol. The van der Waals surface area contributed by atoms with Crippen LogP contribution in [-0.4, -0.2) is 5.26 Å². The Hall–Kier alpha value is -1.93. The van der Waals surface area contributed by atoms with Crippen molar-refractivity contribution < 1.29 is 14.6 Å². The van der Waals surface area contributed by atoms with Crippen LogP contribution in [0.1, 0.15) is 11.1 Å². The molecule has 0 heterocycles. The zero-order valence-electron chi connectivity index (χ0n) is 11.6. The molecular formula is C14H15N3O3S. The number of nitrogens with zero attached hydrogens (tertiary/aromatic N) is 2. The van der Waals surface area contributed by atoms with Crippen LogP contribution in [-0.2, 0) is 9.37 Å². The van der Waals surface area contributed by atoms with E-state index in [2.05, 4.69) is 19.6 Å². The lowest BCUT2D eigenvalue weighted by Crippen LogP contribution is -1.89. The number of aryl methyl sites for hydroxylation is 2. The number of anilines is 1. The van der Waals surface area contributed by atoms with Crippen molar-refractivity contribution in [3.8, 4) is 0 Å². The summed E-state index contributed by atoms with van der Waals surface area (Å²) in [7, 11) is 0. The fraction of sp³-hybridized carbons (Fsp3) is 0.143. The van der Waals surface area contributed by atoms with Gasteiger partial charge in [0.05, 0.1) is 23.4 Å².